The SMILES string of the molecule is C#C.C=C1CCN(c2ccc(C3CCN(CC(=O)N4CCC5(CC4)CC(N(C)C=Nc4ccc(Oc6c(F)ccc(NSNCC)c6C#N)cc4C=O)CO5)CC3)c(OS(C)(=O)=O)c2)C(=O)N1.CS. The number of likely N-dealkylation sites (tertiary alicyclic amines) is 2. The van der Waals surface area contributed by atoms with Gasteiger partial charge in [0, 0.05) is 74.8 Å². The number of aliphatic imine (C=N–C) groups is 1. The highest BCUT2D eigenvalue weighted by Crippen LogP contribution is 2.40. The van der Waals surface area contributed by atoms with Crippen molar-refractivity contribution in [3.63, 3.8) is 0 Å². The molecule has 1 unspecified atom stereocenters. The summed E-state index contributed by atoms with van der Waals surface area (Å²) in [5.74, 6) is -0.534. The molecule has 0 saturated carbocycles. The van der Waals surface area contributed by atoms with E-state index in [1.54, 1.807) is 30.8 Å². The first-order valence-corrected chi connectivity index (χ1v) is 25.8. The Morgan fingerprint density at radius 1 is 1.14 bits per heavy atom. The lowest BCUT2D eigenvalue weighted by Gasteiger charge is -2.40. The number of piperidine rings is 2. The zero-order valence-electron chi connectivity index (χ0n) is 39.3. The molecule has 0 radical (unpaired) electrons. The van der Waals surface area contributed by atoms with Crippen LogP contribution in [0, 0.1) is 30.0 Å². The van der Waals surface area contributed by atoms with Crippen LogP contribution in [0.25, 0.3) is 0 Å². The number of hydrogen-bond donors (Lipinski definition) is 4. The molecule has 4 saturated heterocycles. The minimum atomic E-state index is -3.84. The van der Waals surface area contributed by atoms with Crippen LogP contribution in [0.3, 0.4) is 0 Å². The van der Waals surface area contributed by atoms with Crippen LogP contribution in [-0.2, 0) is 19.6 Å². The summed E-state index contributed by atoms with van der Waals surface area (Å²) >= 11 is 4.68. The standard InChI is InChI=1S/C45H54FN9O8S2.C2H2.CH4S/c1-5-49-64-51-40-11-9-38(46)43(37(40)25-47)62-35-7-10-39(32(22-35)27-56)48-29-52(3)34-24-45(61-28-34)15-20-54(21-16-45)42(57)26-53-17-13-31(14-18-53)36-8-6-33(23-41(36)63-65(4,59)60)55-19-12-30(2)50-44(55)58;2*1-2/h6-11,22-23,27,29,31,34,49,51H,2,5,12-21,24,26,28H2,1,3-4H3,(H,50,58);1-2H;2H,1H3. The Hall–Kier alpha value is -5.81. The van der Waals surface area contributed by atoms with Gasteiger partial charge in [0.2, 0.25) is 5.91 Å². The maximum absolute atomic E-state index is 14.9. The van der Waals surface area contributed by atoms with Gasteiger partial charge in [-0.1, -0.05) is 19.6 Å². The Labute approximate surface area is 414 Å². The smallest absolute Gasteiger partial charge is 0.326 e. The summed E-state index contributed by atoms with van der Waals surface area (Å²) in [6.07, 6.45) is 17.1. The molecule has 4 aliphatic rings. The number of thiol groups is 1. The van der Waals surface area contributed by atoms with Crippen molar-refractivity contribution in [3.8, 4) is 36.2 Å². The molecule has 7 rings (SSSR count). The summed E-state index contributed by atoms with van der Waals surface area (Å²) in [6.45, 7) is 10.1. The van der Waals surface area contributed by atoms with E-state index in [4.69, 9.17) is 13.7 Å². The summed E-state index contributed by atoms with van der Waals surface area (Å²) in [5, 5.41) is 12.5. The number of aldehydes is 1. The average molecular weight is 1010 g/mol. The van der Waals surface area contributed by atoms with Gasteiger partial charge in [-0.25, -0.2) is 18.9 Å². The fourth-order valence-corrected chi connectivity index (χ4v) is 9.58. The number of hydrogen-bond acceptors (Lipinski definition) is 15. The molecule has 4 aliphatic heterocycles. The van der Waals surface area contributed by atoms with Crippen LogP contribution in [0.4, 0.5) is 26.2 Å². The summed E-state index contributed by atoms with van der Waals surface area (Å²) in [6, 6.07) is 14.2. The second-order valence-corrected chi connectivity index (χ2v) is 19.0. The van der Waals surface area contributed by atoms with Gasteiger partial charge in [-0.15, -0.1) is 12.8 Å². The molecule has 4 fully saturated rings. The molecule has 370 valence electrons. The third-order valence-corrected chi connectivity index (χ3v) is 13.5. The second kappa shape index (κ2) is 25.2. The molecule has 4 heterocycles. The first-order valence-electron chi connectivity index (χ1n) is 22.3. The Morgan fingerprint density at radius 3 is 2.52 bits per heavy atom. The number of halogens is 1. The Morgan fingerprint density at radius 2 is 1.87 bits per heavy atom. The van der Waals surface area contributed by atoms with Crippen molar-refractivity contribution in [3.05, 3.63) is 83.3 Å². The summed E-state index contributed by atoms with van der Waals surface area (Å²) in [4.78, 5) is 50.4. The number of anilines is 2. The summed E-state index contributed by atoms with van der Waals surface area (Å²) in [7, 11) is -1.93. The Balaban J connectivity index is 0.00000216. The largest absolute Gasteiger partial charge is 0.453 e. The first kappa shape index (κ1) is 54.1. The molecule has 17 nitrogen and oxygen atoms in total. The Kier molecular flexibility index (Phi) is 19.7. The second-order valence-electron chi connectivity index (χ2n) is 16.7. The molecule has 3 aromatic carbocycles. The number of rotatable bonds is 16. The molecule has 69 heavy (non-hydrogen) atoms. The number of carbonyl (C=O) groups is 3. The Bertz CT molecular complexity index is 2520. The van der Waals surface area contributed by atoms with Gasteiger partial charge in [-0.2, -0.15) is 26.3 Å². The van der Waals surface area contributed by atoms with E-state index in [0.29, 0.717) is 107 Å². The quantitative estimate of drug-likeness (QED) is 0.0166. The van der Waals surface area contributed by atoms with Gasteiger partial charge in [-0.3, -0.25) is 19.4 Å². The fourth-order valence-electron chi connectivity index (χ4n) is 8.62. The van der Waals surface area contributed by atoms with Crippen molar-refractivity contribution < 1.29 is 40.8 Å². The highest BCUT2D eigenvalue weighted by molar-refractivity contribution is 7.98. The van der Waals surface area contributed by atoms with Gasteiger partial charge in [0.15, 0.2) is 17.9 Å². The van der Waals surface area contributed by atoms with Crippen molar-refractivity contribution in [2.24, 2.45) is 4.99 Å². The maximum Gasteiger partial charge on any atom is 0.326 e. The fraction of sp³-hybridized carbons (Fsp3) is 0.438. The van der Waals surface area contributed by atoms with E-state index in [1.165, 1.54) is 23.1 Å². The molecule has 1 atom stereocenters. The average Bonchev–Trinajstić information content (AvgIpc) is 3.76. The first-order chi connectivity index (χ1) is 33.2. The number of nitriles is 1. The molecule has 3 N–H and O–H groups in total. The van der Waals surface area contributed by atoms with Crippen LogP contribution in [0.15, 0.2) is 65.8 Å². The molecule has 0 aliphatic carbocycles. The van der Waals surface area contributed by atoms with Crippen molar-refractivity contribution in [1.29, 1.82) is 5.26 Å². The number of amides is 3. The van der Waals surface area contributed by atoms with Crippen LogP contribution in [0.2, 0.25) is 0 Å². The van der Waals surface area contributed by atoms with E-state index in [9.17, 15) is 32.5 Å². The van der Waals surface area contributed by atoms with E-state index in [0.717, 1.165) is 30.4 Å². The lowest BCUT2D eigenvalue weighted by atomic mass is 9.87. The van der Waals surface area contributed by atoms with Gasteiger partial charge < -0.3 is 33.5 Å². The van der Waals surface area contributed by atoms with E-state index >= 15 is 0 Å². The molecule has 1 spiro atoms. The van der Waals surface area contributed by atoms with E-state index in [-0.39, 0.29) is 64.4 Å². The van der Waals surface area contributed by atoms with Gasteiger partial charge in [0.05, 0.1) is 48.8 Å². The number of ether oxygens (including phenoxy) is 2. The van der Waals surface area contributed by atoms with E-state index in [1.807, 2.05) is 42.0 Å². The van der Waals surface area contributed by atoms with Crippen LogP contribution < -0.4 is 28.6 Å². The lowest BCUT2D eigenvalue weighted by molar-refractivity contribution is -0.137. The normalized spacial score (nSPS) is 18.3. The summed E-state index contributed by atoms with van der Waals surface area (Å²) in [5.41, 5.74) is 2.52. The van der Waals surface area contributed by atoms with Crippen LogP contribution >= 0.6 is 24.8 Å². The van der Waals surface area contributed by atoms with Gasteiger partial charge in [-0.05, 0) is 99.3 Å². The van der Waals surface area contributed by atoms with Crippen LogP contribution in [0.5, 0.6) is 17.2 Å². The number of likely N-dealkylation sites (N-methyl/N-ethyl adjacent to an activating group) is 1. The number of nitrogens with zero attached hydrogens (tertiary/aromatic N) is 6. The van der Waals surface area contributed by atoms with Gasteiger partial charge in [0.25, 0.3) is 0 Å². The molecule has 0 aromatic heterocycles. The molecule has 3 amide bonds. The lowest BCUT2D eigenvalue weighted by Crippen LogP contribution is -2.50. The van der Waals surface area contributed by atoms with Crippen molar-refractivity contribution in [1.82, 2.24) is 24.7 Å². The van der Waals surface area contributed by atoms with Crippen molar-refractivity contribution in [2.75, 3.05) is 81.6 Å². The number of urea groups is 1. The molecular weight excluding hydrogens is 946 g/mol. The molecule has 3 aromatic rings. The third-order valence-electron chi connectivity index (χ3n) is 12.2. The van der Waals surface area contributed by atoms with E-state index in [2.05, 4.69) is 56.7 Å². The van der Waals surface area contributed by atoms with Crippen molar-refractivity contribution in [2.45, 2.75) is 63.0 Å². The predicted octanol–water partition coefficient (Wildman–Crippen LogP) is 7.08. The van der Waals surface area contributed by atoms with Crippen molar-refractivity contribution >= 4 is 76.5 Å². The number of terminal acetylenes is 1. The minimum Gasteiger partial charge on any atom is -0.453 e. The monoisotopic (exact) mass is 1010 g/mol. The third kappa shape index (κ3) is 14.1. The van der Waals surface area contributed by atoms with E-state index < -0.39 is 15.9 Å². The number of nitrogens with one attached hydrogen (secondary N) is 3. The molecular formula is C48H60FN9O8S3. The van der Waals surface area contributed by atoms with Crippen LogP contribution in [0.1, 0.15) is 72.9 Å². The predicted molar refractivity (Wildman–Crippen MR) is 271 cm³/mol. The van der Waals surface area contributed by atoms with Crippen LogP contribution in [-0.4, -0.2) is 131 Å². The maximum atomic E-state index is 14.9. The molecule has 21 heteroatoms. The zero-order valence-corrected chi connectivity index (χ0v) is 41.8. The zero-order chi connectivity index (χ0) is 50.3. The summed E-state index contributed by atoms with van der Waals surface area (Å²) < 4.78 is 63.0. The number of benzene rings is 3. The topological polar surface area (TPSA) is 198 Å². The molecule has 0 bridgehead atoms. The van der Waals surface area contributed by atoms with Gasteiger partial charge >= 0.3 is 16.1 Å². The highest BCUT2D eigenvalue weighted by Gasteiger charge is 2.44. The minimum absolute atomic E-state index is 0.0103. The number of carbonyl (C=O) groups excluding carboxylic acids is 3. The highest BCUT2D eigenvalue weighted by atomic mass is 32.2. The van der Waals surface area contributed by atoms with Gasteiger partial charge in [0.1, 0.15) is 23.1 Å².